The summed E-state index contributed by atoms with van der Waals surface area (Å²) in [5.41, 5.74) is -0.794. The largest absolute Gasteiger partial charge is 0.661 e. The molecule has 0 radical (unpaired) electrons. The van der Waals surface area contributed by atoms with Crippen LogP contribution in [0.2, 0.25) is 0 Å². The molecular weight excluding hydrogens is 230 g/mol. The maximum Gasteiger partial charge on any atom is 0.417 e. The van der Waals surface area contributed by atoms with Crippen LogP contribution >= 0.6 is 0 Å². The van der Waals surface area contributed by atoms with Gasteiger partial charge < -0.3 is 17.1 Å². The Morgan fingerprint density at radius 2 is 1.80 bits per heavy atom. The Morgan fingerprint density at radius 3 is 2.27 bits per heavy atom. The average molecular weight is 234 g/mol. The van der Waals surface area contributed by atoms with Crippen molar-refractivity contribution in [1.29, 1.82) is 0 Å². The normalized spacial score (nSPS) is 15.3. The highest BCUT2D eigenvalue weighted by atomic mass is 32.1. The Bertz CT molecular complexity index is 438. The van der Waals surface area contributed by atoms with E-state index >= 15 is 0 Å². The van der Waals surface area contributed by atoms with Gasteiger partial charge >= 0.3 is 6.18 Å². The molecule has 1 aromatic rings. The van der Waals surface area contributed by atoms with E-state index in [0.717, 1.165) is 16.4 Å². The molecule has 0 saturated carbocycles. The summed E-state index contributed by atoms with van der Waals surface area (Å²) in [7, 11) is 0. The molecule has 80 valence electrons. The molecule has 1 aliphatic heterocycles. The van der Waals surface area contributed by atoms with Crippen LogP contribution in [0.15, 0.2) is 24.4 Å². The van der Waals surface area contributed by atoms with Crippen molar-refractivity contribution in [2.24, 2.45) is 0 Å². The zero-order valence-electron chi connectivity index (χ0n) is 7.18. The van der Waals surface area contributed by atoms with Crippen molar-refractivity contribution in [3.63, 3.8) is 0 Å². The Kier molecular flexibility index (Phi) is 2.18. The number of nitrogens with zero attached hydrogens (tertiary/aromatic N) is 1. The first-order valence-corrected chi connectivity index (χ1v) is 4.31. The van der Waals surface area contributed by atoms with Crippen LogP contribution in [-0.4, -0.2) is 4.31 Å². The Morgan fingerprint density at radius 1 is 1.20 bits per heavy atom. The Hall–Kier alpha value is -1.17. The van der Waals surface area contributed by atoms with Gasteiger partial charge in [0, 0.05) is 17.5 Å². The van der Waals surface area contributed by atoms with Gasteiger partial charge in [-0.2, -0.15) is 13.2 Å². The van der Waals surface area contributed by atoms with Crippen LogP contribution in [0.3, 0.4) is 0 Å². The summed E-state index contributed by atoms with van der Waals surface area (Å²) in [5, 5.41) is 0. The van der Waals surface area contributed by atoms with Gasteiger partial charge in [0.25, 0.3) is 0 Å². The van der Waals surface area contributed by atoms with Crippen LogP contribution in [0.25, 0.3) is 5.70 Å². The quantitative estimate of drug-likeness (QED) is 0.542. The van der Waals surface area contributed by atoms with E-state index in [9.17, 15) is 17.6 Å². The lowest BCUT2D eigenvalue weighted by atomic mass is 10.1. The summed E-state index contributed by atoms with van der Waals surface area (Å²) in [6.45, 7) is 0. The van der Waals surface area contributed by atoms with Crippen molar-refractivity contribution in [2.45, 2.75) is 6.18 Å². The number of halogens is 4. The van der Waals surface area contributed by atoms with E-state index in [1.165, 1.54) is 6.20 Å². The summed E-state index contributed by atoms with van der Waals surface area (Å²) in [6.07, 6.45) is -3.20. The van der Waals surface area contributed by atoms with E-state index < -0.39 is 17.6 Å². The maximum atomic E-state index is 12.7. The number of rotatable bonds is 1. The molecule has 0 saturated heterocycles. The predicted molar refractivity (Wildman–Crippen MR) is 48.6 cm³/mol. The lowest BCUT2D eigenvalue weighted by molar-refractivity contribution is -0.138. The van der Waals surface area contributed by atoms with Crippen LogP contribution in [0, 0.1) is 5.82 Å². The Balaban J connectivity index is 2.50. The highest BCUT2D eigenvalue weighted by Crippen LogP contribution is 2.40. The van der Waals surface area contributed by atoms with Gasteiger partial charge in [-0.3, -0.25) is 0 Å². The first-order chi connectivity index (χ1) is 6.89. The van der Waals surface area contributed by atoms with Crippen molar-refractivity contribution in [2.75, 3.05) is 0 Å². The van der Waals surface area contributed by atoms with Crippen molar-refractivity contribution < 1.29 is 17.6 Å². The third kappa shape index (κ3) is 1.94. The zero-order chi connectivity index (χ0) is 11.2. The molecule has 6 heteroatoms. The number of hydrogen-bond acceptors (Lipinski definition) is 2. The first kappa shape index (κ1) is 10.4. The van der Waals surface area contributed by atoms with Gasteiger partial charge in [0.1, 0.15) is 5.82 Å². The van der Waals surface area contributed by atoms with Crippen LogP contribution in [0.1, 0.15) is 11.1 Å². The van der Waals surface area contributed by atoms with E-state index in [2.05, 4.69) is 12.8 Å². The minimum absolute atomic E-state index is 0.0844. The molecule has 2 rings (SSSR count). The number of hydrogen-bond donors (Lipinski definition) is 0. The highest BCUT2D eigenvalue weighted by molar-refractivity contribution is 7.57. The molecule has 1 heterocycles. The summed E-state index contributed by atoms with van der Waals surface area (Å²) < 4.78 is 51.3. The van der Waals surface area contributed by atoms with E-state index in [4.69, 9.17) is 0 Å². The van der Waals surface area contributed by atoms with Crippen molar-refractivity contribution in [1.82, 2.24) is 4.31 Å². The second-order valence-corrected chi connectivity index (χ2v) is 3.42. The smallest absolute Gasteiger partial charge is 0.417 e. The second kappa shape index (κ2) is 3.16. The van der Waals surface area contributed by atoms with Crippen LogP contribution < -0.4 is 0 Å². The minimum Gasteiger partial charge on any atom is -0.661 e. The zero-order valence-corrected chi connectivity index (χ0v) is 7.99. The molecule has 0 aliphatic carbocycles. The SMILES string of the molecule is Fc1ccc(C2=CN2[S-])c(C(F)(F)F)c1. The number of benzene rings is 1. The van der Waals surface area contributed by atoms with Gasteiger partial charge in [0.2, 0.25) is 0 Å². The minimum atomic E-state index is -4.57. The van der Waals surface area contributed by atoms with Gasteiger partial charge in [-0.15, -0.1) is 0 Å². The monoisotopic (exact) mass is 234 g/mol. The topological polar surface area (TPSA) is 3.01 Å². The molecule has 0 amide bonds. The highest BCUT2D eigenvalue weighted by Gasteiger charge is 2.35. The standard InChI is InChI=1S/C9H4F4NS/c10-5-1-2-6(8-4-14(8)15)7(3-5)9(11,12)13/h1-4H/q-1. The molecule has 0 aromatic heterocycles. The first-order valence-electron chi connectivity index (χ1n) is 3.95. The van der Waals surface area contributed by atoms with Crippen molar-refractivity contribution >= 4 is 18.5 Å². The fourth-order valence-electron chi connectivity index (χ4n) is 1.24. The second-order valence-electron chi connectivity index (χ2n) is 3.03. The van der Waals surface area contributed by atoms with Gasteiger partial charge in [0.15, 0.2) is 0 Å². The van der Waals surface area contributed by atoms with Crippen molar-refractivity contribution in [3.8, 4) is 0 Å². The average Bonchev–Trinajstić information content (AvgIpc) is 2.81. The lowest BCUT2D eigenvalue weighted by Gasteiger charge is -2.15. The van der Waals surface area contributed by atoms with Crippen LogP contribution in [0.5, 0.6) is 0 Å². The number of alkyl halides is 3. The molecule has 0 fully saturated rings. The molecule has 1 nitrogen and oxygen atoms in total. The van der Waals surface area contributed by atoms with E-state index in [1.54, 1.807) is 0 Å². The van der Waals surface area contributed by atoms with Gasteiger partial charge in [-0.25, -0.2) is 4.39 Å². The molecule has 0 bridgehead atoms. The third-order valence-corrected chi connectivity index (χ3v) is 2.27. The summed E-state index contributed by atoms with van der Waals surface area (Å²) in [5.74, 6) is -0.914. The van der Waals surface area contributed by atoms with Gasteiger partial charge in [-0.1, -0.05) is 0 Å². The van der Waals surface area contributed by atoms with Gasteiger partial charge in [0.05, 0.1) is 5.56 Å². The summed E-state index contributed by atoms with van der Waals surface area (Å²) in [4.78, 5) is 0. The lowest BCUT2D eigenvalue weighted by Crippen LogP contribution is -2.09. The molecule has 0 unspecified atom stereocenters. The predicted octanol–water partition coefficient (Wildman–Crippen LogP) is 2.92. The third-order valence-electron chi connectivity index (χ3n) is 1.97. The molecule has 15 heavy (non-hydrogen) atoms. The summed E-state index contributed by atoms with van der Waals surface area (Å²) in [6, 6.07) is 2.53. The van der Waals surface area contributed by atoms with E-state index in [1.807, 2.05) is 0 Å². The molecule has 0 atom stereocenters. The fourth-order valence-corrected chi connectivity index (χ4v) is 1.44. The van der Waals surface area contributed by atoms with Crippen molar-refractivity contribution in [3.05, 3.63) is 41.3 Å². The maximum absolute atomic E-state index is 12.7. The van der Waals surface area contributed by atoms with Crippen LogP contribution in [-0.2, 0) is 19.0 Å². The Labute approximate surface area is 88.5 Å². The fraction of sp³-hybridized carbons (Fsp3) is 0.111. The molecular formula is C9H4F4NS-. The molecule has 1 aliphatic rings. The van der Waals surface area contributed by atoms with Gasteiger partial charge in [-0.05, 0) is 18.2 Å². The molecule has 0 spiro atoms. The molecule has 1 aromatic carbocycles. The molecule has 0 N–H and O–H groups in total. The van der Waals surface area contributed by atoms with E-state index in [-0.39, 0.29) is 11.3 Å². The van der Waals surface area contributed by atoms with Crippen LogP contribution in [0.4, 0.5) is 17.6 Å². The summed E-state index contributed by atoms with van der Waals surface area (Å²) >= 11 is 4.63. The van der Waals surface area contributed by atoms with E-state index in [0.29, 0.717) is 6.07 Å².